The Morgan fingerprint density at radius 2 is 1.67 bits per heavy atom. The van der Waals surface area contributed by atoms with Gasteiger partial charge in [-0.05, 0) is 23.3 Å². The van der Waals surface area contributed by atoms with Gasteiger partial charge in [-0.1, -0.05) is 60.7 Å². The Kier molecular flexibility index (Phi) is 6.27. The van der Waals surface area contributed by atoms with Gasteiger partial charge in [0.1, 0.15) is 6.10 Å². The van der Waals surface area contributed by atoms with Crippen LogP contribution in [0.1, 0.15) is 23.7 Å². The molecular weight excluding hydrogens is 324 g/mol. The van der Waals surface area contributed by atoms with Crippen LogP contribution in [-0.4, -0.2) is 16.9 Å². The molecule has 1 unspecified atom stereocenters. The number of primary amides is 1. The first-order valence-corrected chi connectivity index (χ1v) is 7.65. The first-order valence-electron chi connectivity index (χ1n) is 7.24. The second-order valence-corrected chi connectivity index (χ2v) is 5.38. The van der Waals surface area contributed by atoms with Gasteiger partial charge >= 0.3 is 6.09 Å². The van der Waals surface area contributed by atoms with Crippen LogP contribution in [0, 0.1) is 0 Å². The van der Waals surface area contributed by atoms with E-state index in [0.29, 0.717) is 12.1 Å². The van der Waals surface area contributed by atoms with Gasteiger partial charge in [0.25, 0.3) is 0 Å². The maximum Gasteiger partial charge on any atom is 0.405 e. The monoisotopic (exact) mass is 342 g/mol. The molecule has 0 fully saturated rings. The molecule has 1 atom stereocenters. The zero-order valence-electron chi connectivity index (χ0n) is 12.9. The minimum Gasteiger partial charge on any atom is -0.441 e. The molecule has 0 aliphatic carbocycles. The minimum atomic E-state index is -0.849. The van der Waals surface area contributed by atoms with E-state index >= 15 is 0 Å². The van der Waals surface area contributed by atoms with Crippen molar-refractivity contribution < 1.29 is 9.53 Å². The molecule has 0 saturated heterocycles. The van der Waals surface area contributed by atoms with Gasteiger partial charge in [0, 0.05) is 6.42 Å². The van der Waals surface area contributed by atoms with E-state index in [2.05, 4.69) is 10.5 Å². The third kappa shape index (κ3) is 5.36. The number of amides is 1. The summed E-state index contributed by atoms with van der Waals surface area (Å²) in [6, 6.07) is 18.8. The third-order valence-electron chi connectivity index (χ3n) is 3.22. The highest BCUT2D eigenvalue weighted by Gasteiger charge is 2.19. The fraction of sp³-hybridized carbons (Fsp3) is 0.118. The molecule has 2 rings (SSSR count). The number of nitrogens with one attached hydrogen (secondary N) is 1. The van der Waals surface area contributed by atoms with Gasteiger partial charge in [0.05, 0.1) is 5.71 Å². The SMILES string of the molecule is NC(=O)OC(CC(=NNC(N)=S)c1ccccc1)c1ccccc1. The largest absolute Gasteiger partial charge is 0.441 e. The maximum atomic E-state index is 11.3. The Morgan fingerprint density at radius 3 is 2.21 bits per heavy atom. The van der Waals surface area contributed by atoms with Crippen LogP contribution in [0.15, 0.2) is 65.8 Å². The lowest BCUT2D eigenvalue weighted by atomic mass is 9.99. The molecule has 2 aromatic carbocycles. The first-order chi connectivity index (χ1) is 11.6. The Balaban J connectivity index is 2.32. The average molecular weight is 342 g/mol. The molecule has 1 amide bonds. The molecule has 24 heavy (non-hydrogen) atoms. The highest BCUT2D eigenvalue weighted by molar-refractivity contribution is 7.80. The third-order valence-corrected chi connectivity index (χ3v) is 3.31. The van der Waals surface area contributed by atoms with Crippen LogP contribution in [0.3, 0.4) is 0 Å². The quantitative estimate of drug-likeness (QED) is 0.425. The van der Waals surface area contributed by atoms with E-state index in [0.717, 1.165) is 11.1 Å². The van der Waals surface area contributed by atoms with E-state index in [9.17, 15) is 4.79 Å². The second kappa shape index (κ2) is 8.64. The van der Waals surface area contributed by atoms with E-state index in [1.807, 2.05) is 60.7 Å². The van der Waals surface area contributed by atoms with Gasteiger partial charge < -0.3 is 16.2 Å². The number of carbonyl (C=O) groups is 1. The summed E-state index contributed by atoms with van der Waals surface area (Å²) in [5.41, 5.74) is 15.5. The molecule has 0 bridgehead atoms. The summed E-state index contributed by atoms with van der Waals surface area (Å²) in [6.07, 6.45) is -1.11. The molecule has 0 radical (unpaired) electrons. The Labute approximate surface area is 145 Å². The molecule has 5 N–H and O–H groups in total. The number of hydrogen-bond donors (Lipinski definition) is 3. The summed E-state index contributed by atoms with van der Waals surface area (Å²) in [7, 11) is 0. The molecule has 6 nitrogen and oxygen atoms in total. The van der Waals surface area contributed by atoms with E-state index in [4.69, 9.17) is 28.4 Å². The molecule has 0 aliphatic rings. The van der Waals surface area contributed by atoms with E-state index in [1.165, 1.54) is 0 Å². The predicted molar refractivity (Wildman–Crippen MR) is 97.4 cm³/mol. The summed E-state index contributed by atoms with van der Waals surface area (Å²) >= 11 is 4.80. The summed E-state index contributed by atoms with van der Waals surface area (Å²) < 4.78 is 5.26. The van der Waals surface area contributed by atoms with Crippen molar-refractivity contribution in [3.63, 3.8) is 0 Å². The highest BCUT2D eigenvalue weighted by atomic mass is 32.1. The van der Waals surface area contributed by atoms with Gasteiger partial charge in [-0.25, -0.2) is 4.79 Å². The van der Waals surface area contributed by atoms with Crippen molar-refractivity contribution in [1.29, 1.82) is 0 Å². The number of thiocarbonyl (C=S) groups is 1. The van der Waals surface area contributed by atoms with Crippen molar-refractivity contribution in [3.05, 3.63) is 71.8 Å². The fourth-order valence-corrected chi connectivity index (χ4v) is 2.24. The van der Waals surface area contributed by atoms with Gasteiger partial charge in [-0.15, -0.1) is 0 Å². The van der Waals surface area contributed by atoms with Crippen molar-refractivity contribution in [2.45, 2.75) is 12.5 Å². The van der Waals surface area contributed by atoms with Crippen LogP contribution >= 0.6 is 12.2 Å². The number of hydrogen-bond acceptors (Lipinski definition) is 4. The molecule has 0 spiro atoms. The Hall–Kier alpha value is -2.93. The van der Waals surface area contributed by atoms with Crippen molar-refractivity contribution in [3.8, 4) is 0 Å². The number of carbonyl (C=O) groups excluding carboxylic acids is 1. The smallest absolute Gasteiger partial charge is 0.405 e. The van der Waals surface area contributed by atoms with E-state index in [1.54, 1.807) is 0 Å². The van der Waals surface area contributed by atoms with Crippen molar-refractivity contribution >= 4 is 29.1 Å². The molecule has 2 aromatic rings. The fourth-order valence-electron chi connectivity index (χ4n) is 2.19. The second-order valence-electron chi connectivity index (χ2n) is 4.94. The number of nitrogens with two attached hydrogens (primary N) is 2. The number of benzene rings is 2. The summed E-state index contributed by atoms with van der Waals surface area (Å²) in [4.78, 5) is 11.3. The lowest BCUT2D eigenvalue weighted by Crippen LogP contribution is -2.27. The van der Waals surface area contributed by atoms with Crippen molar-refractivity contribution in [2.24, 2.45) is 16.6 Å². The van der Waals surface area contributed by atoms with Crippen LogP contribution in [0.25, 0.3) is 0 Å². The molecule has 124 valence electrons. The molecule has 7 heteroatoms. The van der Waals surface area contributed by atoms with E-state index < -0.39 is 12.2 Å². The maximum absolute atomic E-state index is 11.3. The van der Waals surface area contributed by atoms with Crippen LogP contribution in [0.5, 0.6) is 0 Å². The van der Waals surface area contributed by atoms with Gasteiger partial charge in [-0.2, -0.15) is 5.10 Å². The topological polar surface area (TPSA) is 103 Å². The normalized spacial score (nSPS) is 12.2. The summed E-state index contributed by atoms with van der Waals surface area (Å²) in [5.74, 6) is 0. The number of hydrazone groups is 1. The van der Waals surface area contributed by atoms with Crippen molar-refractivity contribution in [1.82, 2.24) is 5.43 Å². The molecule has 0 aliphatic heterocycles. The zero-order valence-corrected chi connectivity index (χ0v) is 13.7. The van der Waals surface area contributed by atoms with E-state index in [-0.39, 0.29) is 5.11 Å². The molecule has 0 heterocycles. The first kappa shape index (κ1) is 17.4. The summed E-state index contributed by atoms with van der Waals surface area (Å²) in [5, 5.41) is 4.29. The number of ether oxygens (including phenoxy) is 1. The minimum absolute atomic E-state index is 0.0514. The molecule has 0 aromatic heterocycles. The van der Waals surface area contributed by atoms with Crippen molar-refractivity contribution in [2.75, 3.05) is 0 Å². The molecule has 0 saturated carbocycles. The lowest BCUT2D eigenvalue weighted by Gasteiger charge is -2.18. The van der Waals surface area contributed by atoms with Crippen LogP contribution < -0.4 is 16.9 Å². The van der Waals surface area contributed by atoms with Gasteiger partial charge in [-0.3, -0.25) is 5.43 Å². The molecular formula is C17H18N4O2S. The van der Waals surface area contributed by atoms with Gasteiger partial charge in [0.15, 0.2) is 5.11 Å². The zero-order chi connectivity index (χ0) is 17.4. The highest BCUT2D eigenvalue weighted by Crippen LogP contribution is 2.23. The van der Waals surface area contributed by atoms with Gasteiger partial charge in [0.2, 0.25) is 0 Å². The Morgan fingerprint density at radius 1 is 1.08 bits per heavy atom. The van der Waals surface area contributed by atoms with Crippen LogP contribution in [0.4, 0.5) is 4.79 Å². The van der Waals surface area contributed by atoms with Crippen LogP contribution in [0.2, 0.25) is 0 Å². The average Bonchev–Trinajstić information content (AvgIpc) is 2.58. The standard InChI is InChI=1S/C17H18N4O2S/c18-16(24)21-20-14(12-7-3-1-4-8-12)11-15(23-17(19)22)13-9-5-2-6-10-13/h1-10,15H,11H2,(H2,19,22)(H3,18,21,24). The lowest BCUT2D eigenvalue weighted by molar-refractivity contribution is 0.110. The number of rotatable bonds is 6. The Bertz CT molecular complexity index is 720. The number of nitrogens with zero attached hydrogens (tertiary/aromatic N) is 1. The summed E-state index contributed by atoms with van der Waals surface area (Å²) in [6.45, 7) is 0. The predicted octanol–water partition coefficient (Wildman–Crippen LogP) is 2.45. The van der Waals surface area contributed by atoms with Crippen LogP contribution in [-0.2, 0) is 4.74 Å².